The van der Waals surface area contributed by atoms with Gasteiger partial charge in [-0.1, -0.05) is 37.1 Å². The zero-order chi connectivity index (χ0) is 17.9. The summed E-state index contributed by atoms with van der Waals surface area (Å²) < 4.78 is 19.2. The van der Waals surface area contributed by atoms with Gasteiger partial charge in [0.2, 0.25) is 0 Å². The summed E-state index contributed by atoms with van der Waals surface area (Å²) in [6.07, 6.45) is -2.18. The molecule has 0 aliphatic heterocycles. The lowest BCUT2D eigenvalue weighted by atomic mass is 9.96. The van der Waals surface area contributed by atoms with Crippen molar-refractivity contribution < 1.29 is 19.0 Å². The van der Waals surface area contributed by atoms with Gasteiger partial charge in [-0.25, -0.2) is 9.18 Å². The fourth-order valence-corrected chi connectivity index (χ4v) is 3.92. The number of ether oxygens (including phenoxy) is 1. The van der Waals surface area contributed by atoms with Crippen LogP contribution in [-0.2, 0) is 9.53 Å². The molecule has 0 bridgehead atoms. The highest BCUT2D eigenvalue weighted by atomic mass is 35.5. The fourth-order valence-electron chi connectivity index (χ4n) is 2.68. The summed E-state index contributed by atoms with van der Waals surface area (Å²) in [6.45, 7) is 5.58. The lowest BCUT2D eigenvalue weighted by Crippen LogP contribution is -2.21. The summed E-state index contributed by atoms with van der Waals surface area (Å²) in [7, 11) is 0. The number of thiophene rings is 1. The van der Waals surface area contributed by atoms with E-state index in [2.05, 4.69) is 0 Å². The zero-order valence-corrected chi connectivity index (χ0v) is 15.4. The summed E-state index contributed by atoms with van der Waals surface area (Å²) >= 11 is 7.42. The molecule has 0 fully saturated rings. The predicted molar refractivity (Wildman–Crippen MR) is 95.5 cm³/mol. The number of benzene rings is 1. The maximum absolute atomic E-state index is 13.9. The van der Waals surface area contributed by atoms with Crippen LogP contribution in [0.15, 0.2) is 24.3 Å². The molecule has 3 nitrogen and oxygen atoms in total. The van der Waals surface area contributed by atoms with Crippen LogP contribution in [0.25, 0.3) is 11.1 Å². The van der Waals surface area contributed by atoms with Crippen LogP contribution in [0.4, 0.5) is 4.39 Å². The number of carboxylic acids is 1. The van der Waals surface area contributed by atoms with Crippen LogP contribution >= 0.6 is 22.9 Å². The van der Waals surface area contributed by atoms with Crippen LogP contribution in [0.3, 0.4) is 0 Å². The Hall–Kier alpha value is -1.43. The topological polar surface area (TPSA) is 46.5 Å². The van der Waals surface area contributed by atoms with Gasteiger partial charge in [0.25, 0.3) is 0 Å². The van der Waals surface area contributed by atoms with Crippen LogP contribution in [0, 0.1) is 13.8 Å². The standard InChI is InChI=1S/C18H20ClFO3S/c1-4-5-14(20)23-17(18(21)22)16-11(3)24-10(2)15(16)12-6-8-13(19)9-7-12/h6-9,14,17H,4-5H2,1-3H3,(H,21,22). The second-order valence-corrected chi connectivity index (χ2v) is 7.43. The van der Waals surface area contributed by atoms with Gasteiger partial charge in [0, 0.05) is 32.3 Å². The number of aryl methyl sites for hydroxylation is 2. The largest absolute Gasteiger partial charge is 0.479 e. The molecule has 0 saturated carbocycles. The van der Waals surface area contributed by atoms with Crippen LogP contribution in [0.2, 0.25) is 5.02 Å². The van der Waals surface area contributed by atoms with E-state index in [4.69, 9.17) is 16.3 Å². The molecule has 0 amide bonds. The third-order valence-electron chi connectivity index (χ3n) is 3.73. The zero-order valence-electron chi connectivity index (χ0n) is 13.8. The molecule has 0 aliphatic carbocycles. The number of rotatable bonds is 7. The highest BCUT2D eigenvalue weighted by Crippen LogP contribution is 2.41. The SMILES string of the molecule is CCCC(F)OC(C(=O)O)c1c(C)sc(C)c1-c1ccc(Cl)cc1. The van der Waals surface area contributed by atoms with Gasteiger partial charge in [0.15, 0.2) is 12.5 Å². The van der Waals surface area contributed by atoms with Crippen molar-refractivity contribution >= 4 is 28.9 Å². The van der Waals surface area contributed by atoms with Gasteiger partial charge in [-0.3, -0.25) is 0 Å². The van der Waals surface area contributed by atoms with E-state index in [0.717, 1.165) is 20.9 Å². The highest BCUT2D eigenvalue weighted by Gasteiger charge is 2.31. The minimum Gasteiger partial charge on any atom is -0.479 e. The molecule has 2 atom stereocenters. The second kappa shape index (κ2) is 8.10. The van der Waals surface area contributed by atoms with Gasteiger partial charge >= 0.3 is 5.97 Å². The van der Waals surface area contributed by atoms with E-state index in [1.165, 1.54) is 11.3 Å². The van der Waals surface area contributed by atoms with Crippen molar-refractivity contribution in [1.29, 1.82) is 0 Å². The molecule has 1 N–H and O–H groups in total. The monoisotopic (exact) mass is 370 g/mol. The summed E-state index contributed by atoms with van der Waals surface area (Å²) in [5, 5.41) is 10.2. The number of hydrogen-bond acceptors (Lipinski definition) is 3. The molecule has 1 heterocycles. The third-order valence-corrected chi connectivity index (χ3v) is 5.01. The number of alkyl halides is 1. The third kappa shape index (κ3) is 4.15. The Morgan fingerprint density at radius 1 is 1.29 bits per heavy atom. The number of carboxylic acid groups (broad SMARTS) is 1. The van der Waals surface area contributed by atoms with Crippen LogP contribution in [-0.4, -0.2) is 17.4 Å². The van der Waals surface area contributed by atoms with Crippen molar-refractivity contribution in [2.24, 2.45) is 0 Å². The van der Waals surface area contributed by atoms with Crippen LogP contribution in [0.1, 0.15) is 41.2 Å². The molecular formula is C18H20ClFO3S. The van der Waals surface area contributed by atoms with Gasteiger partial charge in [0.05, 0.1) is 0 Å². The lowest BCUT2D eigenvalue weighted by molar-refractivity contribution is -0.164. The van der Waals surface area contributed by atoms with E-state index < -0.39 is 18.4 Å². The molecule has 2 aromatic rings. The summed E-state index contributed by atoms with van der Waals surface area (Å²) in [5.74, 6) is -1.19. The number of halogens is 2. The molecule has 2 rings (SSSR count). The van der Waals surface area contributed by atoms with Crippen LogP contribution in [0.5, 0.6) is 0 Å². The van der Waals surface area contributed by atoms with Gasteiger partial charge in [0.1, 0.15) is 0 Å². The first kappa shape index (κ1) is 18.9. The van der Waals surface area contributed by atoms with Gasteiger partial charge in [-0.2, -0.15) is 0 Å². The van der Waals surface area contributed by atoms with Gasteiger partial charge in [-0.05, 0) is 31.5 Å². The van der Waals surface area contributed by atoms with Gasteiger partial charge in [-0.15, -0.1) is 11.3 Å². The molecule has 1 aromatic carbocycles. The number of hydrogen-bond donors (Lipinski definition) is 1. The molecule has 0 spiro atoms. The van der Waals surface area contributed by atoms with Crippen LogP contribution < -0.4 is 0 Å². The maximum Gasteiger partial charge on any atom is 0.337 e. The number of carbonyl (C=O) groups is 1. The van der Waals surface area contributed by atoms with Gasteiger partial charge < -0.3 is 9.84 Å². The van der Waals surface area contributed by atoms with Crippen molar-refractivity contribution in [3.63, 3.8) is 0 Å². The van der Waals surface area contributed by atoms with Crippen molar-refractivity contribution in [2.45, 2.75) is 46.1 Å². The average Bonchev–Trinajstić information content (AvgIpc) is 2.80. The van der Waals surface area contributed by atoms with E-state index >= 15 is 0 Å². The Morgan fingerprint density at radius 3 is 2.46 bits per heavy atom. The summed E-state index contributed by atoms with van der Waals surface area (Å²) in [4.78, 5) is 13.5. The second-order valence-electron chi connectivity index (χ2n) is 5.56. The quantitative estimate of drug-likeness (QED) is 0.657. The molecule has 24 heavy (non-hydrogen) atoms. The van der Waals surface area contributed by atoms with Crippen molar-refractivity contribution in [3.8, 4) is 11.1 Å². The molecular weight excluding hydrogens is 351 g/mol. The first-order valence-corrected chi connectivity index (χ1v) is 8.92. The predicted octanol–water partition coefficient (Wildman–Crippen LogP) is 5.92. The maximum atomic E-state index is 13.9. The minimum atomic E-state index is -1.60. The molecule has 0 aliphatic rings. The van der Waals surface area contributed by atoms with E-state index in [1.54, 1.807) is 12.1 Å². The lowest BCUT2D eigenvalue weighted by Gasteiger charge is -2.19. The van der Waals surface area contributed by atoms with E-state index in [1.807, 2.05) is 32.9 Å². The summed E-state index contributed by atoms with van der Waals surface area (Å²) in [6, 6.07) is 7.16. The fraction of sp³-hybridized carbons (Fsp3) is 0.389. The van der Waals surface area contributed by atoms with E-state index in [-0.39, 0.29) is 6.42 Å². The molecule has 2 unspecified atom stereocenters. The molecule has 6 heteroatoms. The average molecular weight is 371 g/mol. The number of aliphatic carboxylic acids is 1. The molecule has 0 saturated heterocycles. The van der Waals surface area contributed by atoms with E-state index in [0.29, 0.717) is 17.0 Å². The minimum absolute atomic E-state index is 0.169. The smallest absolute Gasteiger partial charge is 0.337 e. The Kier molecular flexibility index (Phi) is 6.38. The van der Waals surface area contributed by atoms with Crippen molar-refractivity contribution in [2.75, 3.05) is 0 Å². The van der Waals surface area contributed by atoms with Crippen molar-refractivity contribution in [3.05, 3.63) is 44.6 Å². The van der Waals surface area contributed by atoms with E-state index in [9.17, 15) is 14.3 Å². The highest BCUT2D eigenvalue weighted by molar-refractivity contribution is 7.12. The van der Waals surface area contributed by atoms with Crippen molar-refractivity contribution in [1.82, 2.24) is 0 Å². The molecule has 0 radical (unpaired) electrons. The molecule has 1 aromatic heterocycles. The Labute approximate surface area is 150 Å². The Balaban J connectivity index is 2.51. The normalized spacial score (nSPS) is 13.7. The first-order chi connectivity index (χ1) is 11.3. The first-order valence-electron chi connectivity index (χ1n) is 7.73. The Bertz CT molecular complexity index is 712. The molecule has 130 valence electrons. The summed E-state index contributed by atoms with van der Waals surface area (Å²) in [5.41, 5.74) is 2.15. The Morgan fingerprint density at radius 2 is 1.92 bits per heavy atom.